The van der Waals surface area contributed by atoms with Crippen LogP contribution in [0.3, 0.4) is 0 Å². The number of hydrogen-bond donors (Lipinski definition) is 0. The van der Waals surface area contributed by atoms with E-state index >= 15 is 0 Å². The van der Waals surface area contributed by atoms with Crippen LogP contribution >= 0.6 is 7.82 Å². The van der Waals surface area contributed by atoms with E-state index in [1.54, 1.807) is 0 Å². The average Bonchev–Trinajstić information content (AvgIpc) is 3.09. The maximum Gasteiger partial charge on any atom is 0.306 e. The van der Waals surface area contributed by atoms with Crippen LogP contribution in [0.15, 0.2) is 12.2 Å². The number of allylic oxidation sites excluding steroid dienone is 2. The van der Waals surface area contributed by atoms with Gasteiger partial charge in [-0.25, -0.2) is 0 Å². The summed E-state index contributed by atoms with van der Waals surface area (Å²) >= 11 is 0. The Bertz CT molecular complexity index is 907. The number of likely N-dealkylation sites (N-methyl/N-ethyl adjacent to an activating group) is 1. The average molecular weight is 760 g/mol. The summed E-state index contributed by atoms with van der Waals surface area (Å²) < 4.78 is 33.7. The van der Waals surface area contributed by atoms with Crippen LogP contribution in [-0.4, -0.2) is 70.0 Å². The molecule has 0 bridgehead atoms. The Kier molecular flexibility index (Phi) is 34.6. The summed E-state index contributed by atoms with van der Waals surface area (Å²) in [5, 5.41) is 0. The molecule has 1 unspecified atom stereocenters. The lowest BCUT2D eigenvalue weighted by Crippen LogP contribution is -2.37. The van der Waals surface area contributed by atoms with Gasteiger partial charge < -0.3 is 27.9 Å². The summed E-state index contributed by atoms with van der Waals surface area (Å²) in [6.45, 7) is 4.18. The van der Waals surface area contributed by atoms with Crippen molar-refractivity contribution in [1.29, 1.82) is 0 Å². The molecule has 308 valence electrons. The van der Waals surface area contributed by atoms with E-state index in [1.165, 1.54) is 122 Å². The first-order valence-corrected chi connectivity index (χ1v) is 22.9. The van der Waals surface area contributed by atoms with Crippen molar-refractivity contribution in [2.45, 2.75) is 200 Å². The van der Waals surface area contributed by atoms with E-state index < -0.39 is 26.5 Å². The molecule has 0 spiro atoms. The summed E-state index contributed by atoms with van der Waals surface area (Å²) in [6.07, 6.45) is 35.5. The highest BCUT2D eigenvalue weighted by atomic mass is 31.2. The van der Waals surface area contributed by atoms with Gasteiger partial charge in [0.1, 0.15) is 19.8 Å². The molecule has 0 aromatic rings. The quantitative estimate of drug-likeness (QED) is 0.0200. The second-order valence-corrected chi connectivity index (χ2v) is 17.1. The van der Waals surface area contributed by atoms with Crippen molar-refractivity contribution in [3.05, 3.63) is 12.2 Å². The Morgan fingerprint density at radius 2 is 0.981 bits per heavy atom. The van der Waals surface area contributed by atoms with Crippen molar-refractivity contribution in [2.75, 3.05) is 47.5 Å². The van der Waals surface area contributed by atoms with Gasteiger partial charge in [0.05, 0.1) is 27.7 Å². The normalized spacial score (nSPS) is 13.7. The number of phosphoric acid groups is 1. The number of phosphoric ester groups is 1. The van der Waals surface area contributed by atoms with Crippen LogP contribution in [0.2, 0.25) is 0 Å². The first kappa shape index (κ1) is 50.8. The Morgan fingerprint density at radius 3 is 1.42 bits per heavy atom. The van der Waals surface area contributed by atoms with Crippen molar-refractivity contribution >= 4 is 19.8 Å². The second-order valence-electron chi connectivity index (χ2n) is 15.7. The predicted molar refractivity (Wildman–Crippen MR) is 213 cm³/mol. The Morgan fingerprint density at radius 1 is 0.577 bits per heavy atom. The van der Waals surface area contributed by atoms with Crippen LogP contribution in [0.5, 0.6) is 0 Å². The molecule has 0 rings (SSSR count). The SMILES string of the molecule is CCCCCCCC/C=C/CCCCCCCCCCCCCC(=O)OC[C@@H](COP(=O)([O-])OCC[N+](C)(C)C)OC(=O)CCCCCCCCC. The zero-order valence-electron chi connectivity index (χ0n) is 34.5. The number of quaternary nitrogens is 1. The molecule has 0 N–H and O–H groups in total. The lowest BCUT2D eigenvalue weighted by Gasteiger charge is -2.28. The molecule has 0 saturated heterocycles. The van der Waals surface area contributed by atoms with Crippen molar-refractivity contribution in [1.82, 2.24) is 0 Å². The zero-order valence-corrected chi connectivity index (χ0v) is 35.4. The van der Waals surface area contributed by atoms with Gasteiger partial charge in [0.2, 0.25) is 0 Å². The van der Waals surface area contributed by atoms with Crippen molar-refractivity contribution in [2.24, 2.45) is 0 Å². The molecule has 0 aliphatic rings. The van der Waals surface area contributed by atoms with Gasteiger partial charge in [-0.05, 0) is 38.5 Å². The molecule has 0 aliphatic heterocycles. The molecular weight excluding hydrogens is 677 g/mol. The monoisotopic (exact) mass is 760 g/mol. The Hall–Kier alpha value is -1.25. The fraction of sp³-hybridized carbons (Fsp3) is 0.905. The standard InChI is InChI=1S/C42H82NO8P/c1-6-8-10-12-14-15-16-17-18-19-20-21-22-23-24-25-26-27-29-30-32-34-41(44)48-38-40(39-50-52(46,47)49-37-36-43(3,4)5)51-42(45)35-33-31-28-13-11-9-7-2/h17-18,40H,6-16,19-39H2,1-5H3/b18-17+/t40-/m0/s1. The van der Waals surface area contributed by atoms with E-state index in [1.807, 2.05) is 21.1 Å². The molecule has 0 saturated carbocycles. The maximum atomic E-state index is 12.5. The van der Waals surface area contributed by atoms with Gasteiger partial charge >= 0.3 is 11.9 Å². The van der Waals surface area contributed by atoms with E-state index in [0.29, 0.717) is 17.4 Å². The first-order chi connectivity index (χ1) is 25.0. The third kappa shape index (κ3) is 38.5. The minimum absolute atomic E-state index is 0.0281. The fourth-order valence-electron chi connectivity index (χ4n) is 5.88. The molecule has 0 fully saturated rings. The summed E-state index contributed by atoms with van der Waals surface area (Å²) in [5.74, 6) is -0.836. The van der Waals surface area contributed by atoms with Gasteiger partial charge in [0.25, 0.3) is 7.82 Å². The van der Waals surface area contributed by atoms with Gasteiger partial charge in [-0.15, -0.1) is 0 Å². The van der Waals surface area contributed by atoms with Gasteiger partial charge in [-0.3, -0.25) is 14.2 Å². The van der Waals surface area contributed by atoms with Crippen LogP contribution in [0, 0.1) is 0 Å². The molecule has 0 heterocycles. The number of nitrogens with zero attached hydrogens (tertiary/aromatic N) is 1. The van der Waals surface area contributed by atoms with E-state index in [0.717, 1.165) is 38.5 Å². The first-order valence-electron chi connectivity index (χ1n) is 21.4. The Labute approximate surface area is 320 Å². The molecule has 9 nitrogen and oxygen atoms in total. The third-order valence-electron chi connectivity index (χ3n) is 9.29. The molecule has 52 heavy (non-hydrogen) atoms. The lowest BCUT2D eigenvalue weighted by atomic mass is 10.0. The van der Waals surface area contributed by atoms with E-state index in [-0.39, 0.29) is 32.0 Å². The van der Waals surface area contributed by atoms with Crippen molar-refractivity contribution in [3.63, 3.8) is 0 Å². The molecule has 2 atom stereocenters. The summed E-state index contributed by atoms with van der Waals surface area (Å²) in [4.78, 5) is 37.3. The highest BCUT2D eigenvalue weighted by molar-refractivity contribution is 7.45. The summed E-state index contributed by atoms with van der Waals surface area (Å²) in [5.41, 5.74) is 0. The van der Waals surface area contributed by atoms with Gasteiger partial charge in [-0.1, -0.05) is 154 Å². The highest BCUT2D eigenvalue weighted by Gasteiger charge is 2.21. The topological polar surface area (TPSA) is 111 Å². The lowest BCUT2D eigenvalue weighted by molar-refractivity contribution is -0.870. The number of carbonyl (C=O) groups excluding carboxylic acids is 2. The van der Waals surface area contributed by atoms with E-state index in [9.17, 15) is 19.0 Å². The van der Waals surface area contributed by atoms with Crippen LogP contribution in [0.25, 0.3) is 0 Å². The molecule has 0 radical (unpaired) electrons. The van der Waals surface area contributed by atoms with Gasteiger partial charge in [0, 0.05) is 12.8 Å². The summed E-state index contributed by atoms with van der Waals surface area (Å²) in [7, 11) is 1.17. The van der Waals surface area contributed by atoms with Gasteiger partial charge in [-0.2, -0.15) is 0 Å². The van der Waals surface area contributed by atoms with Crippen molar-refractivity contribution < 1.29 is 42.1 Å². The molecule has 0 amide bonds. The molecule has 0 aromatic carbocycles. The van der Waals surface area contributed by atoms with Crippen LogP contribution in [0.1, 0.15) is 194 Å². The van der Waals surface area contributed by atoms with Crippen LogP contribution < -0.4 is 4.89 Å². The number of esters is 2. The number of rotatable bonds is 39. The number of hydrogen-bond acceptors (Lipinski definition) is 8. The largest absolute Gasteiger partial charge is 0.756 e. The van der Waals surface area contributed by atoms with Crippen molar-refractivity contribution in [3.8, 4) is 0 Å². The second kappa shape index (κ2) is 35.5. The number of unbranched alkanes of at least 4 members (excludes halogenated alkanes) is 23. The highest BCUT2D eigenvalue weighted by Crippen LogP contribution is 2.38. The van der Waals surface area contributed by atoms with Crippen LogP contribution in [-0.2, 0) is 32.7 Å². The third-order valence-corrected chi connectivity index (χ3v) is 10.2. The smallest absolute Gasteiger partial charge is 0.306 e. The van der Waals surface area contributed by atoms with E-state index in [2.05, 4.69) is 26.0 Å². The molecule has 0 aliphatic carbocycles. The molecule has 0 aromatic heterocycles. The molecular formula is C42H82NO8P. The predicted octanol–water partition coefficient (Wildman–Crippen LogP) is 11.2. The molecule has 10 heteroatoms. The van der Waals surface area contributed by atoms with E-state index in [4.69, 9.17) is 18.5 Å². The maximum absolute atomic E-state index is 12.5. The minimum Gasteiger partial charge on any atom is -0.756 e. The van der Waals surface area contributed by atoms with Crippen LogP contribution in [0.4, 0.5) is 0 Å². The number of ether oxygens (including phenoxy) is 2. The van der Waals surface area contributed by atoms with Gasteiger partial charge in [0.15, 0.2) is 6.10 Å². The summed E-state index contributed by atoms with van der Waals surface area (Å²) in [6, 6.07) is 0. The Balaban J connectivity index is 4.14. The number of carbonyl (C=O) groups is 2. The fourth-order valence-corrected chi connectivity index (χ4v) is 6.61. The zero-order chi connectivity index (χ0) is 38.6. The minimum atomic E-state index is -4.61.